The van der Waals surface area contributed by atoms with Gasteiger partial charge in [0.05, 0.1) is 13.2 Å². The van der Waals surface area contributed by atoms with Crippen molar-refractivity contribution in [1.29, 1.82) is 0 Å². The highest BCUT2D eigenvalue weighted by Crippen LogP contribution is 2.35. The molecule has 1 unspecified atom stereocenters. The monoisotopic (exact) mass is 417 g/mol. The second kappa shape index (κ2) is 7.59. The van der Waals surface area contributed by atoms with E-state index < -0.39 is 0 Å². The number of ether oxygens (including phenoxy) is 1. The van der Waals surface area contributed by atoms with Crippen LogP contribution in [0, 0.1) is 0 Å². The van der Waals surface area contributed by atoms with Crippen LogP contribution in [0.5, 0.6) is 5.75 Å². The van der Waals surface area contributed by atoms with Crippen molar-refractivity contribution in [2.75, 3.05) is 13.7 Å². The molecule has 2 rings (SSSR count). The van der Waals surface area contributed by atoms with Crippen LogP contribution in [0.25, 0.3) is 0 Å². The van der Waals surface area contributed by atoms with Crippen LogP contribution in [0.15, 0.2) is 38.6 Å². The van der Waals surface area contributed by atoms with Crippen molar-refractivity contribution >= 4 is 43.2 Å². The summed E-state index contributed by atoms with van der Waals surface area (Å²) in [6, 6.07) is 8.55. The Labute approximate surface area is 140 Å². The molecule has 0 spiro atoms. The normalized spacial score (nSPS) is 12.4. The first-order valence-electron chi connectivity index (χ1n) is 6.46. The Balaban J connectivity index is 2.38. The molecule has 0 aliphatic heterocycles. The summed E-state index contributed by atoms with van der Waals surface area (Å²) in [4.78, 5) is 1.26. The summed E-state index contributed by atoms with van der Waals surface area (Å²) in [5, 5.41) is 5.66. The van der Waals surface area contributed by atoms with E-state index in [1.165, 1.54) is 10.4 Å². The third-order valence-electron chi connectivity index (χ3n) is 2.98. The molecular formula is C15H17Br2NOS. The van der Waals surface area contributed by atoms with Gasteiger partial charge in [0.15, 0.2) is 0 Å². The van der Waals surface area contributed by atoms with Gasteiger partial charge in [-0.3, -0.25) is 0 Å². The molecule has 108 valence electrons. The molecule has 0 aliphatic rings. The van der Waals surface area contributed by atoms with E-state index in [1.807, 2.05) is 11.4 Å². The summed E-state index contributed by atoms with van der Waals surface area (Å²) < 4.78 is 7.50. The Morgan fingerprint density at radius 3 is 2.75 bits per heavy atom. The van der Waals surface area contributed by atoms with Gasteiger partial charge in [0.2, 0.25) is 0 Å². The van der Waals surface area contributed by atoms with Crippen LogP contribution >= 0.6 is 43.2 Å². The van der Waals surface area contributed by atoms with Gasteiger partial charge in [0, 0.05) is 19.2 Å². The van der Waals surface area contributed by atoms with Gasteiger partial charge in [0.25, 0.3) is 0 Å². The number of rotatable bonds is 6. The van der Waals surface area contributed by atoms with Crippen LogP contribution in [0.2, 0.25) is 0 Å². The molecule has 0 aliphatic carbocycles. The lowest BCUT2D eigenvalue weighted by Crippen LogP contribution is -2.22. The van der Waals surface area contributed by atoms with E-state index >= 15 is 0 Å². The molecule has 5 heteroatoms. The van der Waals surface area contributed by atoms with Crippen LogP contribution in [-0.2, 0) is 0 Å². The molecule has 0 saturated heterocycles. The van der Waals surface area contributed by atoms with Gasteiger partial charge in [-0.15, -0.1) is 11.3 Å². The molecule has 0 saturated carbocycles. The third kappa shape index (κ3) is 3.85. The van der Waals surface area contributed by atoms with Crippen LogP contribution < -0.4 is 10.1 Å². The lowest BCUT2D eigenvalue weighted by atomic mass is 10.1. The highest BCUT2D eigenvalue weighted by Gasteiger charge is 2.18. The van der Waals surface area contributed by atoms with Crippen molar-refractivity contribution in [1.82, 2.24) is 5.32 Å². The van der Waals surface area contributed by atoms with Gasteiger partial charge in [0.1, 0.15) is 5.75 Å². The molecule has 2 nitrogen and oxygen atoms in total. The Kier molecular flexibility index (Phi) is 6.08. The van der Waals surface area contributed by atoms with E-state index in [0.717, 1.165) is 27.7 Å². The van der Waals surface area contributed by atoms with E-state index in [2.05, 4.69) is 62.3 Å². The molecule has 0 radical (unpaired) electrons. The van der Waals surface area contributed by atoms with E-state index in [9.17, 15) is 0 Å². The fourth-order valence-corrected chi connectivity index (χ4v) is 3.78. The zero-order chi connectivity index (χ0) is 14.5. The number of benzene rings is 1. The number of hydrogen-bond donors (Lipinski definition) is 1. The van der Waals surface area contributed by atoms with Crippen molar-refractivity contribution < 1.29 is 4.74 Å². The summed E-state index contributed by atoms with van der Waals surface area (Å²) >= 11 is 8.93. The molecule has 1 aromatic carbocycles. The lowest BCUT2D eigenvalue weighted by Gasteiger charge is -2.19. The quantitative estimate of drug-likeness (QED) is 0.680. The van der Waals surface area contributed by atoms with Gasteiger partial charge in [-0.05, 0) is 42.8 Å². The Bertz CT molecular complexity index is 571. The third-order valence-corrected chi connectivity index (χ3v) is 5.17. The van der Waals surface area contributed by atoms with Gasteiger partial charge < -0.3 is 10.1 Å². The maximum Gasteiger partial charge on any atom is 0.129 e. The highest BCUT2D eigenvalue weighted by atomic mass is 79.9. The van der Waals surface area contributed by atoms with E-state index in [4.69, 9.17) is 4.74 Å². The topological polar surface area (TPSA) is 21.3 Å². The second-order valence-electron chi connectivity index (χ2n) is 4.44. The first kappa shape index (κ1) is 16.0. The summed E-state index contributed by atoms with van der Waals surface area (Å²) in [5.74, 6) is 0.916. The Morgan fingerprint density at radius 2 is 2.10 bits per heavy atom. The fourth-order valence-electron chi connectivity index (χ4n) is 1.98. The van der Waals surface area contributed by atoms with Gasteiger partial charge in [-0.1, -0.05) is 38.8 Å². The number of halogens is 2. The van der Waals surface area contributed by atoms with Crippen molar-refractivity contribution in [3.05, 3.63) is 49.0 Å². The van der Waals surface area contributed by atoms with Gasteiger partial charge >= 0.3 is 0 Å². The lowest BCUT2D eigenvalue weighted by molar-refractivity contribution is 0.416. The van der Waals surface area contributed by atoms with Gasteiger partial charge in [-0.2, -0.15) is 0 Å². The standard InChI is InChI=1S/C15H17Br2NOS/c1-3-6-18-15(14-8-11(19-2)9-20-14)12-7-10(16)4-5-13(12)17/h4-5,7-9,15,18H,3,6H2,1-2H3. The van der Waals surface area contributed by atoms with Crippen LogP contribution in [0.1, 0.15) is 29.8 Å². The maximum absolute atomic E-state index is 5.30. The molecule has 20 heavy (non-hydrogen) atoms. The molecule has 1 aromatic heterocycles. The molecule has 0 bridgehead atoms. The van der Waals surface area contributed by atoms with Crippen molar-refractivity contribution in [3.63, 3.8) is 0 Å². The van der Waals surface area contributed by atoms with Crippen LogP contribution in [0.4, 0.5) is 0 Å². The zero-order valence-corrected chi connectivity index (χ0v) is 15.4. The molecule has 0 amide bonds. The molecule has 1 N–H and O–H groups in total. The number of methoxy groups -OCH3 is 1. The zero-order valence-electron chi connectivity index (χ0n) is 11.5. The predicted molar refractivity (Wildman–Crippen MR) is 92.8 cm³/mol. The minimum Gasteiger partial charge on any atom is -0.496 e. The minimum atomic E-state index is 0.177. The summed E-state index contributed by atoms with van der Waals surface area (Å²) in [6.45, 7) is 3.15. The van der Waals surface area contributed by atoms with Crippen LogP contribution in [0.3, 0.4) is 0 Å². The molecular weight excluding hydrogens is 402 g/mol. The van der Waals surface area contributed by atoms with Crippen molar-refractivity contribution in [3.8, 4) is 5.75 Å². The number of thiophene rings is 1. The predicted octanol–water partition coefficient (Wildman–Crippen LogP) is 5.37. The average molecular weight is 419 g/mol. The molecule has 2 aromatic rings. The van der Waals surface area contributed by atoms with Crippen molar-refractivity contribution in [2.24, 2.45) is 0 Å². The molecule has 0 fully saturated rings. The largest absolute Gasteiger partial charge is 0.496 e. The van der Waals surface area contributed by atoms with E-state index in [-0.39, 0.29) is 6.04 Å². The fraction of sp³-hybridized carbons (Fsp3) is 0.333. The maximum atomic E-state index is 5.30. The molecule has 1 heterocycles. The smallest absolute Gasteiger partial charge is 0.129 e. The SMILES string of the molecule is CCCNC(c1cc(OC)cs1)c1cc(Br)ccc1Br. The average Bonchev–Trinajstić information content (AvgIpc) is 2.92. The number of hydrogen-bond acceptors (Lipinski definition) is 3. The summed E-state index contributed by atoms with van der Waals surface area (Å²) in [7, 11) is 1.70. The summed E-state index contributed by atoms with van der Waals surface area (Å²) in [5.41, 5.74) is 1.23. The second-order valence-corrected chi connectivity index (χ2v) is 7.15. The van der Waals surface area contributed by atoms with Crippen LogP contribution in [-0.4, -0.2) is 13.7 Å². The number of nitrogens with one attached hydrogen (secondary N) is 1. The molecule has 1 atom stereocenters. The Hall–Kier alpha value is -0.360. The summed E-state index contributed by atoms with van der Waals surface area (Å²) in [6.07, 6.45) is 1.10. The minimum absolute atomic E-state index is 0.177. The first-order chi connectivity index (χ1) is 9.65. The van der Waals surface area contributed by atoms with Crippen molar-refractivity contribution in [2.45, 2.75) is 19.4 Å². The Morgan fingerprint density at radius 1 is 1.30 bits per heavy atom. The van der Waals surface area contributed by atoms with Gasteiger partial charge in [-0.25, -0.2) is 0 Å². The van der Waals surface area contributed by atoms with E-state index in [1.54, 1.807) is 18.4 Å². The first-order valence-corrected chi connectivity index (χ1v) is 8.93. The van der Waals surface area contributed by atoms with E-state index in [0.29, 0.717) is 0 Å². The highest BCUT2D eigenvalue weighted by molar-refractivity contribution is 9.11.